The van der Waals surface area contributed by atoms with Crippen LogP contribution in [0.25, 0.3) is 11.0 Å². The summed E-state index contributed by atoms with van der Waals surface area (Å²) in [5, 5.41) is 3.04. The van der Waals surface area contributed by atoms with Gasteiger partial charge in [0, 0.05) is 24.9 Å². The summed E-state index contributed by atoms with van der Waals surface area (Å²) in [6.07, 6.45) is 7.23. The van der Waals surface area contributed by atoms with Crippen molar-refractivity contribution in [3.8, 4) is 5.75 Å². The maximum Gasteiger partial charge on any atom is 0.225 e. The van der Waals surface area contributed by atoms with Crippen molar-refractivity contribution in [1.82, 2.24) is 14.9 Å². The number of amides is 1. The van der Waals surface area contributed by atoms with Gasteiger partial charge in [0.2, 0.25) is 5.91 Å². The number of hydrogen-bond acceptors (Lipinski definition) is 3. The number of hydrogen-bond donors (Lipinski definition) is 1. The van der Waals surface area contributed by atoms with Gasteiger partial charge in [0.05, 0.1) is 17.6 Å². The zero-order chi connectivity index (χ0) is 24.4. The standard InChI is InChI=1S/C29H41N3O2/c1-5-23-16-18-24(19-17-23)34-22-12-11-21-32-26-14-9-8-13-25(26)31-27(32)15-7-6-10-20-30-28(33)29(2,3)4/h8-9,13-14,16-19H,5-7,10-12,15,20-22H2,1-4H3,(H,30,33). The van der Waals surface area contributed by atoms with E-state index >= 15 is 0 Å². The molecule has 1 amide bonds. The number of carbonyl (C=O) groups is 1. The van der Waals surface area contributed by atoms with Crippen molar-refractivity contribution in [3.63, 3.8) is 0 Å². The Balaban J connectivity index is 1.45. The van der Waals surface area contributed by atoms with Gasteiger partial charge < -0.3 is 14.6 Å². The summed E-state index contributed by atoms with van der Waals surface area (Å²) in [5.74, 6) is 2.23. The predicted octanol–water partition coefficient (Wildman–Crippen LogP) is 6.33. The summed E-state index contributed by atoms with van der Waals surface area (Å²) in [6.45, 7) is 10.4. The third-order valence-electron chi connectivity index (χ3n) is 6.15. The number of nitrogens with one attached hydrogen (secondary N) is 1. The fourth-order valence-corrected chi connectivity index (χ4v) is 4.00. The minimum atomic E-state index is -0.324. The van der Waals surface area contributed by atoms with Crippen molar-refractivity contribution in [2.45, 2.75) is 79.2 Å². The molecule has 0 atom stereocenters. The molecule has 0 unspecified atom stereocenters. The van der Waals surface area contributed by atoms with E-state index < -0.39 is 0 Å². The largest absolute Gasteiger partial charge is 0.494 e. The Morgan fingerprint density at radius 2 is 1.74 bits per heavy atom. The first-order valence-electron chi connectivity index (χ1n) is 12.8. The molecule has 1 N–H and O–H groups in total. The zero-order valence-corrected chi connectivity index (χ0v) is 21.4. The molecule has 0 spiro atoms. The van der Waals surface area contributed by atoms with Crippen LogP contribution in [-0.4, -0.2) is 28.6 Å². The van der Waals surface area contributed by atoms with Gasteiger partial charge in [-0.3, -0.25) is 4.79 Å². The molecule has 5 heteroatoms. The number of carbonyl (C=O) groups excluding carboxylic acids is 1. The first kappa shape index (κ1) is 25.8. The smallest absolute Gasteiger partial charge is 0.225 e. The Morgan fingerprint density at radius 3 is 2.47 bits per heavy atom. The lowest BCUT2D eigenvalue weighted by atomic mass is 9.96. The number of aromatic nitrogens is 2. The first-order chi connectivity index (χ1) is 16.4. The summed E-state index contributed by atoms with van der Waals surface area (Å²) in [5.41, 5.74) is 3.30. The van der Waals surface area contributed by atoms with Crippen LogP contribution < -0.4 is 10.1 Å². The molecule has 1 heterocycles. The molecule has 0 saturated carbocycles. The highest BCUT2D eigenvalue weighted by molar-refractivity contribution is 5.81. The highest BCUT2D eigenvalue weighted by atomic mass is 16.5. The van der Waals surface area contributed by atoms with Gasteiger partial charge in [-0.25, -0.2) is 4.98 Å². The van der Waals surface area contributed by atoms with Crippen LogP contribution in [0.5, 0.6) is 5.75 Å². The van der Waals surface area contributed by atoms with Crippen LogP contribution in [0.4, 0.5) is 0 Å². The van der Waals surface area contributed by atoms with Crippen LogP contribution in [0.3, 0.4) is 0 Å². The van der Waals surface area contributed by atoms with E-state index in [-0.39, 0.29) is 11.3 Å². The van der Waals surface area contributed by atoms with E-state index in [9.17, 15) is 4.79 Å². The maximum atomic E-state index is 12.0. The van der Waals surface area contributed by atoms with Gasteiger partial charge in [-0.15, -0.1) is 0 Å². The molecular formula is C29H41N3O2. The summed E-state index contributed by atoms with van der Waals surface area (Å²) in [4.78, 5) is 16.9. The van der Waals surface area contributed by atoms with E-state index in [0.29, 0.717) is 0 Å². The number of benzene rings is 2. The maximum absolute atomic E-state index is 12.0. The Kier molecular flexibility index (Phi) is 9.55. The van der Waals surface area contributed by atoms with Gasteiger partial charge in [0.15, 0.2) is 0 Å². The van der Waals surface area contributed by atoms with Crippen LogP contribution in [0.15, 0.2) is 48.5 Å². The van der Waals surface area contributed by atoms with E-state index in [1.807, 2.05) is 20.8 Å². The Labute approximate surface area is 204 Å². The fraction of sp³-hybridized carbons (Fsp3) is 0.517. The zero-order valence-electron chi connectivity index (χ0n) is 21.4. The van der Waals surface area contributed by atoms with Gasteiger partial charge in [-0.2, -0.15) is 0 Å². The van der Waals surface area contributed by atoms with Crippen molar-refractivity contribution in [3.05, 3.63) is 59.9 Å². The lowest BCUT2D eigenvalue weighted by Gasteiger charge is -2.17. The number of nitrogens with zero attached hydrogens (tertiary/aromatic N) is 2. The highest BCUT2D eigenvalue weighted by Gasteiger charge is 2.20. The van der Waals surface area contributed by atoms with Gasteiger partial charge in [0.25, 0.3) is 0 Å². The van der Waals surface area contributed by atoms with E-state index in [1.165, 1.54) is 11.1 Å². The van der Waals surface area contributed by atoms with Crippen LogP contribution in [-0.2, 0) is 24.2 Å². The molecule has 0 bridgehead atoms. The van der Waals surface area contributed by atoms with Crippen molar-refractivity contribution in [1.29, 1.82) is 0 Å². The van der Waals surface area contributed by atoms with Crippen molar-refractivity contribution in [2.24, 2.45) is 5.41 Å². The quantitative estimate of drug-likeness (QED) is 0.301. The molecule has 2 aromatic carbocycles. The summed E-state index contributed by atoms with van der Waals surface area (Å²) < 4.78 is 8.31. The Hall–Kier alpha value is -2.82. The number of fused-ring (bicyclic) bond motifs is 1. The van der Waals surface area contributed by atoms with Gasteiger partial charge in [0.1, 0.15) is 11.6 Å². The fourth-order valence-electron chi connectivity index (χ4n) is 4.00. The molecule has 1 aromatic heterocycles. The Morgan fingerprint density at radius 1 is 0.971 bits per heavy atom. The molecule has 0 radical (unpaired) electrons. The van der Waals surface area contributed by atoms with E-state index in [4.69, 9.17) is 9.72 Å². The molecule has 3 aromatic rings. The molecule has 0 saturated heterocycles. The summed E-state index contributed by atoms with van der Waals surface area (Å²) >= 11 is 0. The second kappa shape index (κ2) is 12.6. The molecule has 0 aliphatic carbocycles. The van der Waals surface area contributed by atoms with Gasteiger partial charge in [-0.1, -0.05) is 58.4 Å². The number of unbranched alkanes of at least 4 members (excludes halogenated alkanes) is 3. The normalized spacial score (nSPS) is 11.6. The minimum Gasteiger partial charge on any atom is -0.494 e. The second-order valence-corrected chi connectivity index (χ2v) is 10.0. The molecule has 3 rings (SSSR count). The number of ether oxygens (including phenoxy) is 1. The SMILES string of the molecule is CCc1ccc(OCCCCn2c(CCCCCNC(=O)C(C)(C)C)nc3ccccc32)cc1. The second-order valence-electron chi connectivity index (χ2n) is 10.0. The topological polar surface area (TPSA) is 56.1 Å². The van der Waals surface area contributed by atoms with Crippen LogP contribution in [0, 0.1) is 5.41 Å². The lowest BCUT2D eigenvalue weighted by molar-refractivity contribution is -0.128. The molecule has 0 aliphatic rings. The monoisotopic (exact) mass is 463 g/mol. The summed E-state index contributed by atoms with van der Waals surface area (Å²) in [7, 11) is 0. The number of para-hydroxylation sites is 2. The average Bonchev–Trinajstić information content (AvgIpc) is 3.18. The number of rotatable bonds is 13. The van der Waals surface area contributed by atoms with Crippen molar-refractivity contribution in [2.75, 3.05) is 13.2 Å². The number of aryl methyl sites for hydroxylation is 3. The van der Waals surface area contributed by atoms with E-state index in [1.54, 1.807) is 0 Å². The van der Waals surface area contributed by atoms with Crippen molar-refractivity contribution >= 4 is 16.9 Å². The predicted molar refractivity (Wildman–Crippen MR) is 140 cm³/mol. The first-order valence-corrected chi connectivity index (χ1v) is 12.8. The average molecular weight is 464 g/mol. The van der Waals surface area contributed by atoms with E-state index in [0.717, 1.165) is 81.7 Å². The van der Waals surface area contributed by atoms with E-state index in [2.05, 4.69) is 65.3 Å². The third kappa shape index (κ3) is 7.61. The van der Waals surface area contributed by atoms with Crippen molar-refractivity contribution < 1.29 is 9.53 Å². The minimum absolute atomic E-state index is 0.122. The summed E-state index contributed by atoms with van der Waals surface area (Å²) in [6, 6.07) is 16.8. The molecule has 0 aliphatic heterocycles. The van der Waals surface area contributed by atoms with Crippen LogP contribution in [0.2, 0.25) is 0 Å². The third-order valence-corrected chi connectivity index (χ3v) is 6.15. The molecule has 5 nitrogen and oxygen atoms in total. The molecule has 184 valence electrons. The van der Waals surface area contributed by atoms with Crippen LogP contribution in [0.1, 0.15) is 71.2 Å². The Bertz CT molecular complexity index is 1030. The van der Waals surface area contributed by atoms with Gasteiger partial charge in [-0.05, 0) is 61.9 Å². The van der Waals surface area contributed by atoms with Crippen LogP contribution >= 0.6 is 0 Å². The van der Waals surface area contributed by atoms with Gasteiger partial charge >= 0.3 is 0 Å². The molecule has 0 fully saturated rings. The lowest BCUT2D eigenvalue weighted by Crippen LogP contribution is -2.35. The molecular weight excluding hydrogens is 422 g/mol. The number of imidazole rings is 1. The highest BCUT2D eigenvalue weighted by Crippen LogP contribution is 2.19. The molecule has 34 heavy (non-hydrogen) atoms.